The smallest absolute Gasteiger partial charge is 0.407 e. The van der Waals surface area contributed by atoms with Crippen LogP contribution in [-0.4, -0.2) is 48.2 Å². The van der Waals surface area contributed by atoms with E-state index in [1.165, 1.54) is 6.07 Å². The zero-order valence-corrected chi connectivity index (χ0v) is 19.6. The molecule has 1 amide bonds. The highest BCUT2D eigenvalue weighted by Crippen LogP contribution is 2.14. The lowest BCUT2D eigenvalue weighted by atomic mass is 10.1. The third kappa shape index (κ3) is 8.04. The molecule has 2 N–H and O–H groups in total. The minimum atomic E-state index is -0.538. The van der Waals surface area contributed by atoms with Crippen LogP contribution in [0.4, 0.5) is 9.18 Å². The molecule has 0 spiro atoms. The molecule has 1 aromatic carbocycles. The van der Waals surface area contributed by atoms with Crippen LogP contribution in [0.15, 0.2) is 23.2 Å². The predicted molar refractivity (Wildman–Crippen MR) is 121 cm³/mol. The van der Waals surface area contributed by atoms with Crippen molar-refractivity contribution in [3.63, 3.8) is 0 Å². The van der Waals surface area contributed by atoms with E-state index in [2.05, 4.69) is 15.6 Å². The summed E-state index contributed by atoms with van der Waals surface area (Å²) in [7, 11) is 0. The number of hydrogen-bond acceptors (Lipinski definition) is 4. The van der Waals surface area contributed by atoms with Crippen LogP contribution in [0.5, 0.6) is 0 Å². The SMILES string of the molecule is CCNC(=NCc1ccc(C#N)cc1F)N1CCC(NC(=O)OC(C)(C)C)C1.I. The van der Waals surface area contributed by atoms with Gasteiger partial charge in [0, 0.05) is 25.2 Å². The molecule has 1 aliphatic rings. The molecule has 29 heavy (non-hydrogen) atoms. The maximum atomic E-state index is 14.1. The molecule has 0 bridgehead atoms. The van der Waals surface area contributed by atoms with Crippen molar-refractivity contribution in [1.82, 2.24) is 15.5 Å². The summed E-state index contributed by atoms with van der Waals surface area (Å²) in [5, 5.41) is 14.9. The number of carbonyl (C=O) groups excluding carboxylic acids is 1. The summed E-state index contributed by atoms with van der Waals surface area (Å²) in [5.41, 5.74) is 0.175. The number of halogens is 2. The standard InChI is InChI=1S/C20H28FN5O2.HI/c1-5-23-18(24-12-15-7-6-14(11-22)10-17(15)21)26-9-8-16(13-26)25-19(27)28-20(2,3)4;/h6-7,10,16H,5,8-9,12-13H2,1-4H3,(H,23,24)(H,25,27);1H. The van der Waals surface area contributed by atoms with E-state index in [1.54, 1.807) is 12.1 Å². The number of amides is 1. The van der Waals surface area contributed by atoms with Crippen molar-refractivity contribution in [2.45, 2.75) is 52.3 Å². The molecule has 1 aromatic rings. The van der Waals surface area contributed by atoms with Crippen molar-refractivity contribution >= 4 is 36.0 Å². The third-order valence-corrected chi connectivity index (χ3v) is 4.12. The molecule has 1 atom stereocenters. The molecule has 7 nitrogen and oxygen atoms in total. The molecule has 1 aliphatic heterocycles. The molecule has 0 saturated carbocycles. The molecular formula is C20H29FIN5O2. The second kappa shape index (κ2) is 11.2. The van der Waals surface area contributed by atoms with Gasteiger partial charge >= 0.3 is 6.09 Å². The molecule has 1 unspecified atom stereocenters. The highest BCUT2D eigenvalue weighted by atomic mass is 127. The van der Waals surface area contributed by atoms with E-state index in [9.17, 15) is 9.18 Å². The second-order valence-corrected chi connectivity index (χ2v) is 7.67. The van der Waals surface area contributed by atoms with E-state index < -0.39 is 17.5 Å². The Hall–Kier alpha value is -2.09. The number of likely N-dealkylation sites (tertiary alicyclic amines) is 1. The molecule has 160 valence electrons. The lowest BCUT2D eigenvalue weighted by Gasteiger charge is -2.23. The topological polar surface area (TPSA) is 89.8 Å². The summed E-state index contributed by atoms with van der Waals surface area (Å²) >= 11 is 0. The molecule has 9 heteroatoms. The van der Waals surface area contributed by atoms with Gasteiger partial charge in [0.05, 0.1) is 24.2 Å². The average molecular weight is 517 g/mol. The predicted octanol–water partition coefficient (Wildman–Crippen LogP) is 3.38. The highest BCUT2D eigenvalue weighted by Gasteiger charge is 2.27. The Bertz CT molecular complexity index is 773. The Morgan fingerprint density at radius 1 is 1.45 bits per heavy atom. The van der Waals surface area contributed by atoms with E-state index in [4.69, 9.17) is 10.00 Å². The lowest BCUT2D eigenvalue weighted by Crippen LogP contribution is -2.44. The molecule has 0 aromatic heterocycles. The molecule has 1 heterocycles. The lowest BCUT2D eigenvalue weighted by molar-refractivity contribution is 0.0507. The first-order valence-corrected chi connectivity index (χ1v) is 9.43. The first-order chi connectivity index (χ1) is 13.2. The fourth-order valence-electron chi connectivity index (χ4n) is 2.88. The van der Waals surface area contributed by atoms with Gasteiger partial charge in [0.15, 0.2) is 5.96 Å². The van der Waals surface area contributed by atoms with Crippen LogP contribution < -0.4 is 10.6 Å². The van der Waals surface area contributed by atoms with Crippen molar-refractivity contribution in [2.75, 3.05) is 19.6 Å². The second-order valence-electron chi connectivity index (χ2n) is 7.67. The van der Waals surface area contributed by atoms with Gasteiger partial charge in [-0.2, -0.15) is 5.26 Å². The van der Waals surface area contributed by atoms with Crippen LogP contribution in [0.2, 0.25) is 0 Å². The normalized spacial score (nSPS) is 16.6. The van der Waals surface area contributed by atoms with Crippen molar-refractivity contribution < 1.29 is 13.9 Å². The van der Waals surface area contributed by atoms with E-state index in [0.29, 0.717) is 24.6 Å². The molecule has 0 aliphatic carbocycles. The molecule has 0 radical (unpaired) electrons. The quantitative estimate of drug-likeness (QED) is 0.363. The number of nitrogens with zero attached hydrogens (tertiary/aromatic N) is 3. The van der Waals surface area contributed by atoms with Crippen LogP contribution in [0.25, 0.3) is 0 Å². The molecule has 2 rings (SSSR count). The van der Waals surface area contributed by atoms with Crippen LogP contribution in [-0.2, 0) is 11.3 Å². The minimum Gasteiger partial charge on any atom is -0.444 e. The monoisotopic (exact) mass is 517 g/mol. The molecular weight excluding hydrogens is 488 g/mol. The number of guanidine groups is 1. The maximum absolute atomic E-state index is 14.1. The summed E-state index contributed by atoms with van der Waals surface area (Å²) in [4.78, 5) is 18.5. The highest BCUT2D eigenvalue weighted by molar-refractivity contribution is 14.0. The zero-order chi connectivity index (χ0) is 20.7. The van der Waals surface area contributed by atoms with E-state index in [0.717, 1.165) is 13.0 Å². The summed E-state index contributed by atoms with van der Waals surface area (Å²) < 4.78 is 19.4. The van der Waals surface area contributed by atoms with Crippen LogP contribution in [0.3, 0.4) is 0 Å². The van der Waals surface area contributed by atoms with Gasteiger partial charge in [-0.3, -0.25) is 0 Å². The van der Waals surface area contributed by atoms with Gasteiger partial charge in [-0.15, -0.1) is 24.0 Å². The number of nitriles is 1. The maximum Gasteiger partial charge on any atom is 0.407 e. The number of benzene rings is 1. The van der Waals surface area contributed by atoms with Gasteiger partial charge in [0.25, 0.3) is 0 Å². The Kier molecular flexibility index (Phi) is 9.62. The Balaban J connectivity index is 0.00000420. The van der Waals surface area contributed by atoms with Crippen molar-refractivity contribution in [3.8, 4) is 6.07 Å². The van der Waals surface area contributed by atoms with Gasteiger partial charge in [-0.05, 0) is 46.2 Å². The summed E-state index contributed by atoms with van der Waals surface area (Å²) in [6.45, 7) is 9.60. The minimum absolute atomic E-state index is 0. The average Bonchev–Trinajstić information content (AvgIpc) is 3.05. The number of alkyl carbamates (subject to hydrolysis) is 1. The van der Waals surface area contributed by atoms with Crippen molar-refractivity contribution in [2.24, 2.45) is 4.99 Å². The van der Waals surface area contributed by atoms with Crippen LogP contribution in [0.1, 0.15) is 45.2 Å². The van der Waals surface area contributed by atoms with Gasteiger partial charge < -0.3 is 20.3 Å². The number of hydrogen-bond donors (Lipinski definition) is 2. The van der Waals surface area contributed by atoms with Crippen molar-refractivity contribution in [1.29, 1.82) is 5.26 Å². The number of carbonyl (C=O) groups is 1. The summed E-state index contributed by atoms with van der Waals surface area (Å²) in [6, 6.07) is 6.26. The number of nitrogens with one attached hydrogen (secondary N) is 2. The van der Waals surface area contributed by atoms with Gasteiger partial charge in [-0.25, -0.2) is 14.2 Å². The number of rotatable bonds is 4. The van der Waals surface area contributed by atoms with Crippen LogP contribution >= 0.6 is 24.0 Å². The largest absolute Gasteiger partial charge is 0.444 e. The van der Waals surface area contributed by atoms with Crippen LogP contribution in [0, 0.1) is 17.1 Å². The fourth-order valence-corrected chi connectivity index (χ4v) is 2.88. The molecule has 1 fully saturated rings. The fraction of sp³-hybridized carbons (Fsp3) is 0.550. The Labute approximate surface area is 188 Å². The Morgan fingerprint density at radius 2 is 2.17 bits per heavy atom. The summed E-state index contributed by atoms with van der Waals surface area (Å²) in [6.07, 6.45) is 0.343. The van der Waals surface area contributed by atoms with Crippen molar-refractivity contribution in [3.05, 3.63) is 35.1 Å². The van der Waals surface area contributed by atoms with Gasteiger partial charge in [0.2, 0.25) is 0 Å². The van der Waals surface area contributed by atoms with E-state index in [1.807, 2.05) is 38.7 Å². The Morgan fingerprint density at radius 3 is 2.76 bits per heavy atom. The first kappa shape index (κ1) is 24.9. The zero-order valence-electron chi connectivity index (χ0n) is 17.3. The number of ether oxygens (including phenoxy) is 1. The van der Waals surface area contributed by atoms with E-state index >= 15 is 0 Å². The van der Waals surface area contributed by atoms with Gasteiger partial charge in [0.1, 0.15) is 11.4 Å². The molecule has 1 saturated heterocycles. The van der Waals surface area contributed by atoms with Gasteiger partial charge in [-0.1, -0.05) is 6.07 Å². The van der Waals surface area contributed by atoms with E-state index in [-0.39, 0.29) is 42.1 Å². The number of aliphatic imine (C=N–C) groups is 1. The first-order valence-electron chi connectivity index (χ1n) is 9.43. The third-order valence-electron chi connectivity index (χ3n) is 4.12. The summed E-state index contributed by atoms with van der Waals surface area (Å²) in [5.74, 6) is 0.226.